The van der Waals surface area contributed by atoms with Crippen LogP contribution in [0.4, 0.5) is 0 Å². The number of nitrogens with zero attached hydrogens (tertiary/aromatic N) is 3. The van der Waals surface area contributed by atoms with E-state index in [1.54, 1.807) is 0 Å². The van der Waals surface area contributed by atoms with E-state index < -0.39 is 0 Å². The van der Waals surface area contributed by atoms with Gasteiger partial charge >= 0.3 is 0 Å². The molecule has 8 aromatic rings. The minimum absolute atomic E-state index is 0.729. The molecule has 3 nitrogen and oxygen atoms in total. The Hall–Kier alpha value is -6.58. The fraction of sp³-hybridized carbons (Fsp3) is 0.0417. The lowest BCUT2D eigenvalue weighted by molar-refractivity contribution is 1.18. The van der Waals surface area contributed by atoms with Crippen LogP contribution in [-0.4, -0.2) is 16.1 Å². The molecule has 0 fully saturated rings. The van der Waals surface area contributed by atoms with Crippen molar-refractivity contribution in [3.8, 4) is 27.9 Å². The highest BCUT2D eigenvalue weighted by Crippen LogP contribution is 2.36. The molecule has 0 spiro atoms. The lowest BCUT2D eigenvalue weighted by atomic mass is 9.97. The third-order valence-electron chi connectivity index (χ3n) is 9.81. The predicted molar refractivity (Wildman–Crippen MR) is 215 cm³/mol. The summed E-state index contributed by atoms with van der Waals surface area (Å²) in [5.74, 6) is 0.729. The van der Waals surface area contributed by atoms with Crippen LogP contribution < -0.4 is 0 Å². The number of allylic oxidation sites excluding steroid dienone is 1. The van der Waals surface area contributed by atoms with Gasteiger partial charge in [-0.05, 0) is 76.7 Å². The number of hydrogen-bond donors (Lipinski definition) is 0. The molecule has 0 saturated carbocycles. The summed E-state index contributed by atoms with van der Waals surface area (Å²) in [6.45, 7) is 2.17. The van der Waals surface area contributed by atoms with Crippen molar-refractivity contribution in [1.29, 1.82) is 0 Å². The molecule has 3 heteroatoms. The molecule has 242 valence electrons. The van der Waals surface area contributed by atoms with Gasteiger partial charge < -0.3 is 4.57 Å². The van der Waals surface area contributed by atoms with Gasteiger partial charge in [0.15, 0.2) is 5.84 Å². The van der Waals surface area contributed by atoms with Crippen LogP contribution >= 0.6 is 0 Å². The van der Waals surface area contributed by atoms with Crippen LogP contribution in [0.25, 0.3) is 55.4 Å². The van der Waals surface area contributed by atoms with Crippen molar-refractivity contribution in [1.82, 2.24) is 4.57 Å². The summed E-state index contributed by atoms with van der Waals surface area (Å²) in [5.41, 5.74) is 14.7. The molecule has 1 aliphatic rings. The second kappa shape index (κ2) is 13.0. The average Bonchev–Trinajstić information content (AvgIpc) is 3.42. The van der Waals surface area contributed by atoms with Gasteiger partial charge in [-0.1, -0.05) is 146 Å². The number of para-hydroxylation sites is 2. The van der Waals surface area contributed by atoms with Crippen LogP contribution in [0, 0.1) is 0 Å². The molecule has 1 aliphatic heterocycles. The van der Waals surface area contributed by atoms with E-state index in [0.29, 0.717) is 0 Å². The van der Waals surface area contributed by atoms with Gasteiger partial charge in [0, 0.05) is 34.0 Å². The summed E-state index contributed by atoms with van der Waals surface area (Å²) >= 11 is 0. The molecule has 1 aromatic heterocycles. The number of aliphatic imine (C=N–C) groups is 2. The summed E-state index contributed by atoms with van der Waals surface area (Å²) in [6, 6.07) is 64.5. The highest BCUT2D eigenvalue weighted by atomic mass is 15.0. The topological polar surface area (TPSA) is 29.6 Å². The summed E-state index contributed by atoms with van der Waals surface area (Å²) in [5, 5.41) is 2.50. The van der Waals surface area contributed by atoms with Gasteiger partial charge in [0.1, 0.15) is 0 Å². The Morgan fingerprint density at radius 3 is 1.71 bits per heavy atom. The molecule has 0 unspecified atom stereocenters. The van der Waals surface area contributed by atoms with E-state index in [9.17, 15) is 0 Å². The van der Waals surface area contributed by atoms with Crippen molar-refractivity contribution in [2.75, 3.05) is 0 Å². The van der Waals surface area contributed by atoms with Crippen molar-refractivity contribution >= 4 is 39.1 Å². The number of aromatic nitrogens is 1. The van der Waals surface area contributed by atoms with Crippen LogP contribution in [-0.2, 0) is 0 Å². The molecule has 0 saturated heterocycles. The zero-order chi connectivity index (χ0) is 34.1. The first-order valence-electron chi connectivity index (χ1n) is 17.5. The van der Waals surface area contributed by atoms with Crippen LogP contribution in [0.2, 0.25) is 0 Å². The molecular formula is C48H35N3. The Morgan fingerprint density at radius 1 is 0.412 bits per heavy atom. The van der Waals surface area contributed by atoms with Gasteiger partial charge in [-0.25, -0.2) is 9.98 Å². The van der Waals surface area contributed by atoms with Crippen LogP contribution in [0.5, 0.6) is 0 Å². The summed E-state index contributed by atoms with van der Waals surface area (Å²) in [7, 11) is 0. The third-order valence-corrected chi connectivity index (χ3v) is 9.81. The van der Waals surface area contributed by atoms with Gasteiger partial charge in [0.25, 0.3) is 0 Å². The van der Waals surface area contributed by atoms with Crippen LogP contribution in [0.15, 0.2) is 198 Å². The first-order chi connectivity index (χ1) is 25.2. The number of hydrogen-bond acceptors (Lipinski definition) is 2. The minimum atomic E-state index is 0.729. The molecule has 0 atom stereocenters. The average molecular weight is 654 g/mol. The number of fused-ring (bicyclic) bond motifs is 3. The normalized spacial score (nSPS) is 13.3. The van der Waals surface area contributed by atoms with E-state index in [0.717, 1.165) is 45.9 Å². The summed E-state index contributed by atoms with van der Waals surface area (Å²) in [6.07, 6.45) is 0.741. The highest BCUT2D eigenvalue weighted by Gasteiger charge is 2.18. The minimum Gasteiger partial charge on any atom is -0.309 e. The zero-order valence-electron chi connectivity index (χ0n) is 28.4. The first-order valence-corrected chi connectivity index (χ1v) is 17.5. The number of amidine groups is 1. The molecule has 0 amide bonds. The fourth-order valence-corrected chi connectivity index (χ4v) is 7.26. The van der Waals surface area contributed by atoms with Crippen molar-refractivity contribution in [3.63, 3.8) is 0 Å². The maximum absolute atomic E-state index is 5.20. The zero-order valence-corrected chi connectivity index (χ0v) is 28.4. The van der Waals surface area contributed by atoms with Crippen molar-refractivity contribution in [2.24, 2.45) is 9.98 Å². The van der Waals surface area contributed by atoms with Gasteiger partial charge in [0.05, 0.1) is 22.4 Å². The largest absolute Gasteiger partial charge is 0.309 e. The molecule has 51 heavy (non-hydrogen) atoms. The lowest BCUT2D eigenvalue weighted by Gasteiger charge is -2.10. The van der Waals surface area contributed by atoms with E-state index >= 15 is 0 Å². The van der Waals surface area contributed by atoms with Crippen molar-refractivity contribution < 1.29 is 0 Å². The van der Waals surface area contributed by atoms with Crippen molar-refractivity contribution in [2.45, 2.75) is 13.3 Å². The Balaban J connectivity index is 1.08. The smallest absolute Gasteiger partial charge is 0.160 e. The quantitative estimate of drug-likeness (QED) is 0.171. The molecule has 0 N–H and O–H groups in total. The molecule has 9 rings (SSSR count). The van der Waals surface area contributed by atoms with Crippen LogP contribution in [0.3, 0.4) is 0 Å². The molecule has 2 heterocycles. The van der Waals surface area contributed by atoms with Gasteiger partial charge in [-0.2, -0.15) is 0 Å². The van der Waals surface area contributed by atoms with Crippen molar-refractivity contribution in [3.05, 3.63) is 204 Å². The maximum Gasteiger partial charge on any atom is 0.160 e. The molecular weight excluding hydrogens is 619 g/mol. The third kappa shape index (κ3) is 5.79. The van der Waals surface area contributed by atoms with Gasteiger partial charge in [0.2, 0.25) is 0 Å². The Kier molecular flexibility index (Phi) is 7.79. The Bertz CT molecular complexity index is 2630. The monoisotopic (exact) mass is 653 g/mol. The molecule has 7 aromatic carbocycles. The Morgan fingerprint density at radius 2 is 0.961 bits per heavy atom. The molecule has 0 aliphatic carbocycles. The lowest BCUT2D eigenvalue weighted by Crippen LogP contribution is -2.05. The number of rotatable bonds is 6. The fourth-order valence-electron chi connectivity index (χ4n) is 7.26. The molecule has 0 radical (unpaired) electrons. The van der Waals surface area contributed by atoms with Crippen LogP contribution in [0.1, 0.15) is 30.0 Å². The second-order valence-corrected chi connectivity index (χ2v) is 13.1. The van der Waals surface area contributed by atoms with Gasteiger partial charge in [-0.3, -0.25) is 0 Å². The number of benzene rings is 7. The Labute approximate surface area is 298 Å². The van der Waals surface area contributed by atoms with E-state index in [-0.39, 0.29) is 0 Å². The summed E-state index contributed by atoms with van der Waals surface area (Å²) < 4.78 is 2.36. The SMILES string of the molecule is CC1=C(c2ccccc2)N=C(c2ccc(-c3cccc(-c4ccc5c(c4)c4ccccc4n5-c4ccccc4)c3)cc2)N=C(c2ccccc2)C1. The van der Waals surface area contributed by atoms with E-state index in [1.165, 1.54) is 49.8 Å². The standard InChI is InChI=1S/C48H35N3/c1-33-30-44(35-14-5-2-6-15-35)49-48(50-47(33)36-16-7-3-8-17-36)37-26-24-34(25-27-37)38-18-13-19-39(31-38)40-28-29-46-43(32-40)42-22-11-12-23-45(42)51(46)41-20-9-4-10-21-41/h2-29,31-32H,30H2,1H3. The van der Waals surface area contributed by atoms with E-state index in [1.807, 2.05) is 12.1 Å². The summed E-state index contributed by atoms with van der Waals surface area (Å²) in [4.78, 5) is 10.4. The maximum atomic E-state index is 5.20. The van der Waals surface area contributed by atoms with E-state index in [4.69, 9.17) is 9.98 Å². The van der Waals surface area contributed by atoms with Gasteiger partial charge in [-0.15, -0.1) is 0 Å². The first kappa shape index (κ1) is 30.5. The van der Waals surface area contributed by atoms with E-state index in [2.05, 4.69) is 181 Å². The molecule has 0 bridgehead atoms. The second-order valence-electron chi connectivity index (χ2n) is 13.1. The highest BCUT2D eigenvalue weighted by molar-refractivity contribution is 6.16. The predicted octanol–water partition coefficient (Wildman–Crippen LogP) is 12.2.